The van der Waals surface area contributed by atoms with Crippen LogP contribution in [0.5, 0.6) is 0 Å². The van der Waals surface area contributed by atoms with Crippen molar-refractivity contribution in [3.8, 4) is 0 Å². The smallest absolute Gasteiger partial charge is 0.352 e. The van der Waals surface area contributed by atoms with E-state index in [2.05, 4.69) is 15.5 Å². The number of nitrogens with zero attached hydrogens (tertiary/aromatic N) is 4. The molecule has 11 nitrogen and oxygen atoms in total. The van der Waals surface area contributed by atoms with E-state index in [1.165, 1.54) is 45.1 Å². The third kappa shape index (κ3) is 3.84. The number of hydrogen-bond donors (Lipinski definition) is 4. The minimum absolute atomic E-state index is 0.0452. The highest BCUT2D eigenvalue weighted by molar-refractivity contribution is 8.01. The van der Waals surface area contributed by atoms with Crippen molar-refractivity contribution in [2.45, 2.75) is 22.2 Å². The molecule has 4 rings (SSSR count). The van der Waals surface area contributed by atoms with Gasteiger partial charge in [0.05, 0.1) is 12.1 Å². The molecule has 1 saturated heterocycles. The van der Waals surface area contributed by atoms with E-state index in [0.717, 1.165) is 11.3 Å². The number of aliphatic carboxylic acids is 1. The maximum atomic E-state index is 12.6. The average Bonchev–Trinajstić information content (AvgIpc) is 3.35. The monoisotopic (exact) mass is 486 g/mol. The molecular formula is C15H14N6O5S4. The number of carbonyl (C=O) groups is 3. The Hall–Kier alpha value is -2.36. The Morgan fingerprint density at radius 3 is 2.83 bits per heavy atom. The van der Waals surface area contributed by atoms with Crippen molar-refractivity contribution in [1.82, 2.24) is 25.1 Å². The number of thioether (sulfide) groups is 2. The van der Waals surface area contributed by atoms with Gasteiger partial charge in [0.25, 0.3) is 5.91 Å². The summed E-state index contributed by atoms with van der Waals surface area (Å²) in [6, 6.07) is -0.838. The van der Waals surface area contributed by atoms with Gasteiger partial charge in [0, 0.05) is 16.9 Å². The summed E-state index contributed by atoms with van der Waals surface area (Å²) >= 11 is 5.08. The van der Waals surface area contributed by atoms with Gasteiger partial charge in [0.15, 0.2) is 4.34 Å². The summed E-state index contributed by atoms with van der Waals surface area (Å²) in [5.41, 5.74) is 2.40. The number of carboxylic acid groups (broad SMARTS) is 1. The number of carboxylic acids is 1. The second kappa shape index (κ2) is 8.41. The van der Waals surface area contributed by atoms with Gasteiger partial charge >= 0.3 is 5.97 Å². The fourth-order valence-corrected chi connectivity index (χ4v) is 6.65. The van der Waals surface area contributed by atoms with Crippen LogP contribution in [0.2, 0.25) is 0 Å². The van der Waals surface area contributed by atoms with Crippen LogP contribution in [0.1, 0.15) is 5.69 Å². The van der Waals surface area contributed by atoms with Gasteiger partial charge in [0.2, 0.25) is 10.7 Å². The number of amides is 2. The Morgan fingerprint density at radius 2 is 2.20 bits per heavy atom. The highest BCUT2D eigenvalue weighted by atomic mass is 32.2. The predicted molar refractivity (Wildman–Crippen MR) is 109 cm³/mol. The van der Waals surface area contributed by atoms with Crippen molar-refractivity contribution in [3.05, 3.63) is 32.7 Å². The average molecular weight is 487 g/mol. The minimum Gasteiger partial charge on any atom is -0.477 e. The third-order valence-corrected chi connectivity index (χ3v) is 8.46. The van der Waals surface area contributed by atoms with Crippen molar-refractivity contribution < 1.29 is 24.7 Å². The normalized spacial score (nSPS) is 20.7. The fraction of sp³-hybridized carbons (Fsp3) is 0.333. The first-order valence-corrected chi connectivity index (χ1v) is 12.2. The molecule has 0 saturated carbocycles. The molecule has 0 spiro atoms. The lowest BCUT2D eigenvalue weighted by molar-refractivity contribution is -0.150. The number of thiazole rings is 1. The molecule has 2 aliphatic heterocycles. The lowest BCUT2D eigenvalue weighted by Gasteiger charge is -2.49. The number of β-lactam (4-membered cyclic amide) rings is 1. The molecule has 2 aromatic rings. The largest absolute Gasteiger partial charge is 0.477 e. The van der Waals surface area contributed by atoms with Gasteiger partial charge in [0.1, 0.15) is 22.6 Å². The maximum Gasteiger partial charge on any atom is 0.352 e. The molecule has 158 valence electrons. The van der Waals surface area contributed by atoms with E-state index < -0.39 is 29.2 Å². The zero-order valence-corrected chi connectivity index (χ0v) is 18.2. The van der Waals surface area contributed by atoms with Crippen molar-refractivity contribution in [3.63, 3.8) is 0 Å². The van der Waals surface area contributed by atoms with Gasteiger partial charge in [-0.15, -0.1) is 33.3 Å². The van der Waals surface area contributed by atoms with E-state index in [-0.39, 0.29) is 22.6 Å². The van der Waals surface area contributed by atoms with E-state index in [4.69, 9.17) is 5.41 Å². The van der Waals surface area contributed by atoms with E-state index >= 15 is 0 Å². The molecule has 1 fully saturated rings. The molecule has 0 aliphatic carbocycles. The number of carbonyl (C=O) groups excluding carboxylic acids is 2. The SMILES string of the molecule is N=c1scc(CC(=O)NC2C(=O)N3C(C(=O)O)=C(CSc4nncs4)CS[C@H]23)n1O. The first kappa shape index (κ1) is 20.9. The highest BCUT2D eigenvalue weighted by Gasteiger charge is 2.54. The van der Waals surface area contributed by atoms with Gasteiger partial charge in [-0.25, -0.2) is 4.79 Å². The number of hydrogen-bond acceptors (Lipinski definition) is 11. The Balaban J connectivity index is 1.44. The second-order valence-corrected chi connectivity index (χ2v) is 10.2. The standard InChI is InChI=1S/C15H14N6O5S4/c16-14-21(26)7(4-28-14)1-8(22)18-9-11(23)20-10(13(24)25)6(2-27-12(9)20)3-29-15-19-17-5-30-15/h4-5,9,12,16,26H,1-3H2,(H,18,22)(H,24,25)/t9?,12-/m1/s1. The van der Waals surface area contributed by atoms with Crippen LogP contribution in [0, 0.1) is 5.41 Å². The Bertz CT molecular complexity index is 1090. The van der Waals surface area contributed by atoms with Gasteiger partial charge in [-0.1, -0.05) is 23.1 Å². The van der Waals surface area contributed by atoms with E-state index in [9.17, 15) is 24.7 Å². The molecule has 0 aromatic carbocycles. The van der Waals surface area contributed by atoms with Crippen molar-refractivity contribution in [1.29, 1.82) is 5.41 Å². The number of rotatable bonds is 7. The summed E-state index contributed by atoms with van der Waals surface area (Å²) in [5, 5.41) is 38.1. The molecule has 4 heterocycles. The fourth-order valence-electron chi connectivity index (χ4n) is 3.03. The van der Waals surface area contributed by atoms with Crippen LogP contribution < -0.4 is 10.1 Å². The molecule has 30 heavy (non-hydrogen) atoms. The number of fused-ring (bicyclic) bond motifs is 1. The first-order chi connectivity index (χ1) is 14.4. The summed E-state index contributed by atoms with van der Waals surface area (Å²) in [4.78, 5) is 37.9. The summed E-state index contributed by atoms with van der Waals surface area (Å²) in [6.07, 6.45) is -0.196. The third-order valence-electron chi connectivity index (χ3n) is 4.39. The zero-order valence-electron chi connectivity index (χ0n) is 15.0. The predicted octanol–water partition coefficient (Wildman–Crippen LogP) is 0.191. The van der Waals surface area contributed by atoms with Crippen LogP contribution in [0.4, 0.5) is 0 Å². The molecule has 0 bridgehead atoms. The van der Waals surface area contributed by atoms with Crippen LogP contribution in [0.3, 0.4) is 0 Å². The van der Waals surface area contributed by atoms with Gasteiger partial charge < -0.3 is 15.6 Å². The molecule has 15 heteroatoms. The summed E-state index contributed by atoms with van der Waals surface area (Å²) in [6.45, 7) is 0. The van der Waals surface area contributed by atoms with E-state index in [0.29, 0.717) is 26.1 Å². The summed E-state index contributed by atoms with van der Waals surface area (Å²) in [7, 11) is 0. The number of nitrogens with one attached hydrogen (secondary N) is 2. The molecule has 2 aromatic heterocycles. The molecule has 2 aliphatic rings. The van der Waals surface area contributed by atoms with Crippen molar-refractivity contribution in [2.75, 3.05) is 11.5 Å². The first-order valence-electron chi connectivity index (χ1n) is 8.38. The molecule has 2 atom stereocenters. The molecular weight excluding hydrogens is 472 g/mol. The van der Waals surface area contributed by atoms with Crippen LogP contribution in [-0.4, -0.2) is 70.8 Å². The molecule has 0 radical (unpaired) electrons. The Kier molecular flexibility index (Phi) is 5.86. The lowest BCUT2D eigenvalue weighted by atomic mass is 10.0. The topological polar surface area (TPSA) is 162 Å². The van der Waals surface area contributed by atoms with Crippen LogP contribution >= 0.6 is 46.2 Å². The van der Waals surface area contributed by atoms with Crippen LogP contribution in [0.25, 0.3) is 0 Å². The van der Waals surface area contributed by atoms with Gasteiger partial charge in [-0.3, -0.25) is 19.9 Å². The van der Waals surface area contributed by atoms with E-state index in [1.54, 1.807) is 5.51 Å². The van der Waals surface area contributed by atoms with Gasteiger partial charge in [-0.05, 0) is 5.57 Å². The van der Waals surface area contributed by atoms with E-state index in [1.807, 2.05) is 0 Å². The van der Waals surface area contributed by atoms with Crippen LogP contribution in [-0.2, 0) is 20.8 Å². The van der Waals surface area contributed by atoms with Gasteiger partial charge in [-0.2, -0.15) is 4.73 Å². The lowest BCUT2D eigenvalue weighted by Crippen LogP contribution is -2.70. The Morgan fingerprint density at radius 1 is 1.40 bits per heavy atom. The molecule has 1 unspecified atom stereocenters. The minimum atomic E-state index is -1.19. The maximum absolute atomic E-state index is 12.6. The Labute approximate surface area is 185 Å². The second-order valence-electron chi connectivity index (χ2n) is 6.23. The quantitative estimate of drug-likeness (QED) is 0.243. The summed E-state index contributed by atoms with van der Waals surface area (Å²) in [5.74, 6) is -1.37. The molecule has 2 amide bonds. The number of aromatic nitrogens is 3. The van der Waals surface area contributed by atoms with Crippen molar-refractivity contribution >= 4 is 64.0 Å². The highest BCUT2D eigenvalue weighted by Crippen LogP contribution is 2.41. The zero-order chi connectivity index (χ0) is 21.4. The van der Waals surface area contributed by atoms with Crippen molar-refractivity contribution in [2.24, 2.45) is 0 Å². The summed E-state index contributed by atoms with van der Waals surface area (Å²) < 4.78 is 1.33. The van der Waals surface area contributed by atoms with Crippen LogP contribution in [0.15, 0.2) is 26.5 Å². The molecule has 4 N–H and O–H groups in total.